The molecular formula is C29H37NO5. The van der Waals surface area contributed by atoms with Gasteiger partial charge in [-0.2, -0.15) is 0 Å². The van der Waals surface area contributed by atoms with Crippen molar-refractivity contribution in [1.82, 2.24) is 4.90 Å². The Morgan fingerprint density at radius 1 is 1.03 bits per heavy atom. The fourth-order valence-corrected chi connectivity index (χ4v) is 4.50. The van der Waals surface area contributed by atoms with Crippen molar-refractivity contribution in [3.8, 4) is 11.5 Å². The average molecular weight is 480 g/mol. The Balaban J connectivity index is 2.15. The fraction of sp³-hybridized carbons (Fsp3) is 0.448. The van der Waals surface area contributed by atoms with Crippen LogP contribution >= 0.6 is 0 Å². The van der Waals surface area contributed by atoms with E-state index in [1.165, 1.54) is 0 Å². The number of nitrogens with zero attached hydrogens (tertiary/aromatic N) is 1. The zero-order chi connectivity index (χ0) is 25.8. The molecule has 6 nitrogen and oxygen atoms in total. The standard InChI is InChI=1S/C29H37NO5/c1-7-9-10-17-30-25(19-11-14-21(15-12-19)35-8-2)24(27(32)28(30)33)26(31)20-13-16-23(34-6)22(18-20)29(3,4)5/h11-16,18,25,31H,7-10,17H2,1-6H3/b26-24-. The smallest absolute Gasteiger partial charge is 0.295 e. The van der Waals surface area contributed by atoms with Gasteiger partial charge in [-0.1, -0.05) is 52.7 Å². The lowest BCUT2D eigenvalue weighted by molar-refractivity contribution is -0.139. The molecule has 188 valence electrons. The number of ether oxygens (including phenoxy) is 2. The van der Waals surface area contributed by atoms with E-state index in [4.69, 9.17) is 9.47 Å². The van der Waals surface area contributed by atoms with E-state index in [-0.39, 0.29) is 16.7 Å². The predicted molar refractivity (Wildman–Crippen MR) is 138 cm³/mol. The van der Waals surface area contributed by atoms with Crippen molar-refractivity contribution in [1.29, 1.82) is 0 Å². The highest BCUT2D eigenvalue weighted by Gasteiger charge is 2.45. The minimum absolute atomic E-state index is 0.112. The van der Waals surface area contributed by atoms with E-state index in [0.29, 0.717) is 30.2 Å². The molecular weight excluding hydrogens is 442 g/mol. The molecule has 0 spiro atoms. The summed E-state index contributed by atoms with van der Waals surface area (Å²) in [6.45, 7) is 11.2. The number of ketones is 1. The number of Topliss-reactive ketones (excluding diaryl/α,β-unsaturated/α-hetero) is 1. The third kappa shape index (κ3) is 5.53. The topological polar surface area (TPSA) is 76.1 Å². The van der Waals surface area contributed by atoms with E-state index in [1.54, 1.807) is 24.1 Å². The summed E-state index contributed by atoms with van der Waals surface area (Å²) in [5.41, 5.74) is 2.01. The summed E-state index contributed by atoms with van der Waals surface area (Å²) in [6, 6.07) is 12.1. The number of hydrogen-bond donors (Lipinski definition) is 1. The van der Waals surface area contributed by atoms with Gasteiger partial charge in [0.15, 0.2) is 0 Å². The van der Waals surface area contributed by atoms with Crippen LogP contribution in [0.25, 0.3) is 5.76 Å². The number of unbranched alkanes of at least 4 members (excludes halogenated alkanes) is 2. The highest BCUT2D eigenvalue weighted by Crippen LogP contribution is 2.41. The SMILES string of the molecule is CCCCCN1C(=O)C(=O)/C(=C(\O)c2ccc(OC)c(C(C)(C)C)c2)C1c1ccc(OCC)cc1. The van der Waals surface area contributed by atoms with Gasteiger partial charge in [0.05, 0.1) is 25.3 Å². The molecule has 1 N–H and O–H groups in total. The second kappa shape index (κ2) is 11.0. The molecule has 6 heteroatoms. The predicted octanol–water partition coefficient (Wildman–Crippen LogP) is 6.00. The van der Waals surface area contributed by atoms with Crippen LogP contribution in [0.1, 0.15) is 76.6 Å². The lowest BCUT2D eigenvalue weighted by Gasteiger charge is -2.26. The van der Waals surface area contributed by atoms with Crippen molar-refractivity contribution >= 4 is 17.4 Å². The van der Waals surface area contributed by atoms with Gasteiger partial charge in [0.2, 0.25) is 0 Å². The molecule has 1 aliphatic heterocycles. The van der Waals surface area contributed by atoms with Crippen molar-refractivity contribution in [2.45, 2.75) is 65.3 Å². The summed E-state index contributed by atoms with van der Waals surface area (Å²) in [4.78, 5) is 28.0. The fourth-order valence-electron chi connectivity index (χ4n) is 4.50. The number of likely N-dealkylation sites (tertiary alicyclic amines) is 1. The molecule has 1 heterocycles. The van der Waals surface area contributed by atoms with Crippen LogP contribution in [0.2, 0.25) is 0 Å². The molecule has 3 rings (SSSR count). The molecule has 1 aliphatic rings. The van der Waals surface area contributed by atoms with Gasteiger partial charge in [0, 0.05) is 17.7 Å². The molecule has 0 aliphatic carbocycles. The number of carbonyl (C=O) groups excluding carboxylic acids is 2. The lowest BCUT2D eigenvalue weighted by Crippen LogP contribution is -2.30. The number of aliphatic hydroxyl groups excluding tert-OH is 1. The van der Waals surface area contributed by atoms with E-state index in [2.05, 4.69) is 27.7 Å². The van der Waals surface area contributed by atoms with Gasteiger partial charge in [0.25, 0.3) is 11.7 Å². The van der Waals surface area contributed by atoms with Gasteiger partial charge >= 0.3 is 0 Å². The van der Waals surface area contributed by atoms with Crippen LogP contribution in [0.15, 0.2) is 48.0 Å². The zero-order valence-electron chi connectivity index (χ0n) is 21.7. The van der Waals surface area contributed by atoms with Gasteiger partial charge < -0.3 is 19.5 Å². The van der Waals surface area contributed by atoms with Gasteiger partial charge in [-0.3, -0.25) is 9.59 Å². The first kappa shape index (κ1) is 26.3. The normalized spacial score (nSPS) is 17.7. The number of methoxy groups -OCH3 is 1. The van der Waals surface area contributed by atoms with Gasteiger partial charge in [0.1, 0.15) is 17.3 Å². The molecule has 35 heavy (non-hydrogen) atoms. The first-order valence-corrected chi connectivity index (χ1v) is 12.3. The summed E-state index contributed by atoms with van der Waals surface area (Å²) in [6.07, 6.45) is 2.74. The van der Waals surface area contributed by atoms with E-state index in [1.807, 2.05) is 37.3 Å². The maximum Gasteiger partial charge on any atom is 0.295 e. The minimum Gasteiger partial charge on any atom is -0.507 e. The Morgan fingerprint density at radius 2 is 1.71 bits per heavy atom. The highest BCUT2D eigenvalue weighted by atomic mass is 16.5. The third-order valence-corrected chi connectivity index (χ3v) is 6.33. The number of benzene rings is 2. The monoisotopic (exact) mass is 479 g/mol. The summed E-state index contributed by atoms with van der Waals surface area (Å²) in [7, 11) is 1.61. The maximum atomic E-state index is 13.3. The summed E-state index contributed by atoms with van der Waals surface area (Å²) < 4.78 is 11.1. The van der Waals surface area contributed by atoms with E-state index in [0.717, 1.165) is 30.4 Å². The van der Waals surface area contributed by atoms with Crippen molar-refractivity contribution < 1.29 is 24.2 Å². The third-order valence-electron chi connectivity index (χ3n) is 6.33. The molecule has 0 radical (unpaired) electrons. The highest BCUT2D eigenvalue weighted by molar-refractivity contribution is 6.46. The lowest BCUT2D eigenvalue weighted by atomic mass is 9.84. The summed E-state index contributed by atoms with van der Waals surface area (Å²) in [5, 5.41) is 11.4. The van der Waals surface area contributed by atoms with Crippen LogP contribution in [-0.4, -0.2) is 42.0 Å². The van der Waals surface area contributed by atoms with Crippen molar-refractivity contribution in [3.05, 3.63) is 64.7 Å². The average Bonchev–Trinajstić information content (AvgIpc) is 3.08. The van der Waals surface area contributed by atoms with Crippen molar-refractivity contribution in [2.75, 3.05) is 20.3 Å². The van der Waals surface area contributed by atoms with E-state index >= 15 is 0 Å². The molecule has 1 unspecified atom stereocenters. The Labute approximate surface area is 208 Å². The molecule has 1 amide bonds. The van der Waals surface area contributed by atoms with Crippen LogP contribution < -0.4 is 9.47 Å². The van der Waals surface area contributed by atoms with Crippen LogP contribution in [0.4, 0.5) is 0 Å². The number of rotatable bonds is 9. The zero-order valence-corrected chi connectivity index (χ0v) is 21.7. The Kier molecular flexibility index (Phi) is 8.26. The number of carbonyl (C=O) groups is 2. The minimum atomic E-state index is -0.664. The summed E-state index contributed by atoms with van der Waals surface area (Å²) in [5.74, 6) is 0.00627. The molecule has 1 fully saturated rings. The Morgan fingerprint density at radius 3 is 2.29 bits per heavy atom. The Hall–Kier alpha value is -3.28. The molecule has 1 atom stereocenters. The first-order chi connectivity index (χ1) is 16.6. The van der Waals surface area contributed by atoms with Crippen LogP contribution in [0.5, 0.6) is 11.5 Å². The van der Waals surface area contributed by atoms with Crippen molar-refractivity contribution in [2.24, 2.45) is 0 Å². The second-order valence-electron chi connectivity index (χ2n) is 9.87. The molecule has 0 bridgehead atoms. The van der Waals surface area contributed by atoms with Gasteiger partial charge in [-0.05, 0) is 54.7 Å². The molecule has 2 aromatic carbocycles. The second-order valence-corrected chi connectivity index (χ2v) is 9.87. The quantitative estimate of drug-likeness (QED) is 0.206. The first-order valence-electron chi connectivity index (χ1n) is 12.3. The van der Waals surface area contributed by atoms with E-state index < -0.39 is 17.7 Å². The number of amides is 1. The molecule has 0 aromatic heterocycles. The van der Waals surface area contributed by atoms with Crippen molar-refractivity contribution in [3.63, 3.8) is 0 Å². The maximum absolute atomic E-state index is 13.3. The van der Waals surface area contributed by atoms with Crippen LogP contribution in [-0.2, 0) is 15.0 Å². The van der Waals surface area contributed by atoms with Gasteiger partial charge in [-0.25, -0.2) is 0 Å². The largest absolute Gasteiger partial charge is 0.507 e. The van der Waals surface area contributed by atoms with Gasteiger partial charge in [-0.15, -0.1) is 0 Å². The van der Waals surface area contributed by atoms with Crippen LogP contribution in [0, 0.1) is 0 Å². The number of hydrogen-bond acceptors (Lipinski definition) is 5. The molecule has 2 aromatic rings. The Bertz CT molecular complexity index is 1100. The number of aliphatic hydroxyl groups is 1. The summed E-state index contributed by atoms with van der Waals surface area (Å²) >= 11 is 0. The van der Waals surface area contributed by atoms with Crippen LogP contribution in [0.3, 0.4) is 0 Å². The van der Waals surface area contributed by atoms with E-state index in [9.17, 15) is 14.7 Å². The molecule has 0 saturated carbocycles. The molecule has 1 saturated heterocycles.